The minimum absolute atomic E-state index is 0.532. The van der Waals surface area contributed by atoms with Crippen LogP contribution in [0.1, 0.15) is 49.0 Å². The van der Waals surface area contributed by atoms with Crippen molar-refractivity contribution in [2.24, 2.45) is 0 Å². The molecule has 0 aromatic heterocycles. The largest absolute Gasteiger partial charge is 0.495 e. The molecule has 0 amide bonds. The predicted octanol–water partition coefficient (Wildman–Crippen LogP) is 3.67. The molecule has 17 heavy (non-hydrogen) atoms. The summed E-state index contributed by atoms with van der Waals surface area (Å²) in [5.74, 6) is 0.641. The van der Waals surface area contributed by atoms with Crippen LogP contribution in [0.4, 0.5) is 0 Å². The van der Waals surface area contributed by atoms with Gasteiger partial charge >= 0.3 is 0 Å². The first-order valence-electron chi connectivity index (χ1n) is 6.21. The van der Waals surface area contributed by atoms with E-state index in [-0.39, 0.29) is 0 Å². The molecule has 0 radical (unpaired) electrons. The van der Waals surface area contributed by atoms with Crippen LogP contribution in [0.15, 0.2) is 6.07 Å². The number of benzene rings is 1. The third-order valence-corrected chi connectivity index (χ3v) is 3.75. The second kappa shape index (κ2) is 5.28. The van der Waals surface area contributed by atoms with Gasteiger partial charge in [0.05, 0.1) is 18.2 Å². The van der Waals surface area contributed by atoms with Crippen LogP contribution in [0.5, 0.6) is 5.75 Å². The molecule has 1 N–H and O–H groups in total. The minimum Gasteiger partial charge on any atom is -0.495 e. The average molecular weight is 255 g/mol. The van der Waals surface area contributed by atoms with Gasteiger partial charge in [-0.1, -0.05) is 18.0 Å². The van der Waals surface area contributed by atoms with E-state index in [1.165, 1.54) is 30.4 Å². The van der Waals surface area contributed by atoms with Crippen molar-refractivity contribution in [3.05, 3.63) is 27.8 Å². The maximum Gasteiger partial charge on any atom is 0.143 e. The Balaban J connectivity index is 2.62. The molecule has 1 aliphatic carbocycles. The number of aryl methyl sites for hydroxylation is 1. The molecule has 0 aliphatic heterocycles. The molecular formula is C14H19ClO2. The molecule has 1 atom stereocenters. The molecule has 1 aromatic rings. The minimum atomic E-state index is -0.532. The summed E-state index contributed by atoms with van der Waals surface area (Å²) in [6, 6.07) is 2.01. The summed E-state index contributed by atoms with van der Waals surface area (Å²) in [7, 11) is 1.61. The molecule has 1 aliphatic rings. The first kappa shape index (κ1) is 12.7. The molecule has 0 heterocycles. The van der Waals surface area contributed by atoms with E-state index in [2.05, 4.69) is 0 Å². The van der Waals surface area contributed by atoms with Crippen molar-refractivity contribution in [2.75, 3.05) is 7.11 Å². The highest BCUT2D eigenvalue weighted by molar-refractivity contribution is 6.32. The van der Waals surface area contributed by atoms with Crippen LogP contribution in [-0.4, -0.2) is 12.2 Å². The van der Waals surface area contributed by atoms with E-state index in [9.17, 15) is 5.11 Å². The number of halogens is 1. The van der Waals surface area contributed by atoms with Crippen molar-refractivity contribution in [2.45, 2.75) is 45.1 Å². The van der Waals surface area contributed by atoms with E-state index in [1.807, 2.05) is 6.07 Å². The van der Waals surface area contributed by atoms with Crippen LogP contribution in [0, 0.1) is 0 Å². The molecule has 0 bridgehead atoms. The van der Waals surface area contributed by atoms with Crippen molar-refractivity contribution in [3.8, 4) is 5.75 Å². The maximum absolute atomic E-state index is 9.97. The van der Waals surface area contributed by atoms with Gasteiger partial charge in [-0.25, -0.2) is 0 Å². The quantitative estimate of drug-likeness (QED) is 0.816. The molecule has 2 rings (SSSR count). The standard InChI is InChI=1S/C14H19ClO2/c1-9(16)13-11-7-5-3-4-6-10(11)8-12(15)14(13)17-2/h8-9,16H,3-7H2,1-2H3. The summed E-state index contributed by atoms with van der Waals surface area (Å²) < 4.78 is 5.35. The summed E-state index contributed by atoms with van der Waals surface area (Å²) in [6.07, 6.45) is 5.16. The van der Waals surface area contributed by atoms with Gasteiger partial charge in [0.25, 0.3) is 0 Å². The van der Waals surface area contributed by atoms with E-state index >= 15 is 0 Å². The second-order valence-corrected chi connectivity index (χ2v) is 5.09. The summed E-state index contributed by atoms with van der Waals surface area (Å²) in [6.45, 7) is 1.78. The predicted molar refractivity (Wildman–Crippen MR) is 69.9 cm³/mol. The molecule has 0 saturated heterocycles. The van der Waals surface area contributed by atoms with Crippen LogP contribution < -0.4 is 4.74 Å². The van der Waals surface area contributed by atoms with Gasteiger partial charge in [0.1, 0.15) is 5.75 Å². The number of hydrogen-bond acceptors (Lipinski definition) is 2. The number of aliphatic hydroxyl groups excluding tert-OH is 1. The summed E-state index contributed by atoms with van der Waals surface area (Å²) in [4.78, 5) is 0. The van der Waals surface area contributed by atoms with Gasteiger partial charge in [-0.2, -0.15) is 0 Å². The van der Waals surface area contributed by atoms with Gasteiger partial charge < -0.3 is 9.84 Å². The Morgan fingerprint density at radius 1 is 1.29 bits per heavy atom. The Kier molecular flexibility index (Phi) is 3.95. The lowest BCUT2D eigenvalue weighted by atomic mass is 9.93. The Morgan fingerprint density at radius 3 is 2.65 bits per heavy atom. The summed E-state index contributed by atoms with van der Waals surface area (Å²) in [5, 5.41) is 10.6. The number of fused-ring (bicyclic) bond motifs is 1. The van der Waals surface area contributed by atoms with E-state index in [4.69, 9.17) is 16.3 Å². The third kappa shape index (κ3) is 2.43. The molecule has 1 aromatic carbocycles. The van der Waals surface area contributed by atoms with Crippen LogP contribution in [0.3, 0.4) is 0 Å². The highest BCUT2D eigenvalue weighted by Gasteiger charge is 2.22. The Morgan fingerprint density at radius 2 is 2.00 bits per heavy atom. The van der Waals surface area contributed by atoms with Gasteiger partial charge in [0.15, 0.2) is 0 Å². The molecule has 2 nitrogen and oxygen atoms in total. The molecule has 94 valence electrons. The average Bonchev–Trinajstić information content (AvgIpc) is 2.51. The van der Waals surface area contributed by atoms with E-state index in [1.54, 1.807) is 14.0 Å². The van der Waals surface area contributed by atoms with E-state index in [0.29, 0.717) is 10.8 Å². The molecule has 0 fully saturated rings. The zero-order chi connectivity index (χ0) is 12.4. The fourth-order valence-electron chi connectivity index (χ4n) is 2.71. The highest BCUT2D eigenvalue weighted by atomic mass is 35.5. The highest BCUT2D eigenvalue weighted by Crippen LogP contribution is 2.39. The lowest BCUT2D eigenvalue weighted by molar-refractivity contribution is 0.193. The number of rotatable bonds is 2. The van der Waals surface area contributed by atoms with Crippen molar-refractivity contribution < 1.29 is 9.84 Å². The summed E-state index contributed by atoms with van der Waals surface area (Å²) >= 11 is 6.23. The fourth-order valence-corrected chi connectivity index (χ4v) is 3.02. The molecule has 1 unspecified atom stereocenters. The van der Waals surface area contributed by atoms with Gasteiger partial charge in [-0.3, -0.25) is 0 Å². The van der Waals surface area contributed by atoms with Crippen LogP contribution >= 0.6 is 11.6 Å². The van der Waals surface area contributed by atoms with Gasteiger partial charge in [0, 0.05) is 5.56 Å². The number of methoxy groups -OCH3 is 1. The zero-order valence-corrected chi connectivity index (χ0v) is 11.2. The van der Waals surface area contributed by atoms with Gasteiger partial charge in [0.2, 0.25) is 0 Å². The van der Waals surface area contributed by atoms with E-state index < -0.39 is 6.10 Å². The smallest absolute Gasteiger partial charge is 0.143 e. The Hall–Kier alpha value is -0.730. The Bertz CT molecular complexity index is 413. The molecular weight excluding hydrogens is 236 g/mol. The van der Waals surface area contributed by atoms with E-state index in [0.717, 1.165) is 18.4 Å². The topological polar surface area (TPSA) is 29.5 Å². The third-order valence-electron chi connectivity index (χ3n) is 3.47. The Labute approximate surface area is 108 Å². The van der Waals surface area contributed by atoms with Crippen molar-refractivity contribution >= 4 is 11.6 Å². The van der Waals surface area contributed by atoms with Crippen LogP contribution in [0.2, 0.25) is 5.02 Å². The van der Waals surface area contributed by atoms with Gasteiger partial charge in [-0.15, -0.1) is 0 Å². The first-order chi connectivity index (χ1) is 8.15. The maximum atomic E-state index is 9.97. The molecule has 0 saturated carbocycles. The number of ether oxygens (including phenoxy) is 1. The number of hydrogen-bond donors (Lipinski definition) is 1. The molecule has 0 spiro atoms. The first-order valence-corrected chi connectivity index (χ1v) is 6.59. The van der Waals surface area contributed by atoms with Crippen LogP contribution in [-0.2, 0) is 12.8 Å². The lowest BCUT2D eigenvalue weighted by Crippen LogP contribution is -2.06. The van der Waals surface area contributed by atoms with Crippen molar-refractivity contribution in [1.82, 2.24) is 0 Å². The summed E-state index contributed by atoms with van der Waals surface area (Å²) in [5.41, 5.74) is 3.42. The van der Waals surface area contributed by atoms with Crippen molar-refractivity contribution in [3.63, 3.8) is 0 Å². The fraction of sp³-hybridized carbons (Fsp3) is 0.571. The monoisotopic (exact) mass is 254 g/mol. The number of aliphatic hydroxyl groups is 1. The second-order valence-electron chi connectivity index (χ2n) is 4.68. The SMILES string of the molecule is COc1c(Cl)cc2c(c1C(C)O)CCCCC2. The zero-order valence-electron chi connectivity index (χ0n) is 10.4. The molecule has 3 heteroatoms. The lowest BCUT2D eigenvalue weighted by Gasteiger charge is -2.20. The van der Waals surface area contributed by atoms with Crippen molar-refractivity contribution in [1.29, 1.82) is 0 Å². The van der Waals surface area contributed by atoms with Crippen LogP contribution in [0.25, 0.3) is 0 Å². The van der Waals surface area contributed by atoms with Gasteiger partial charge in [-0.05, 0) is 49.8 Å². The normalized spacial score (nSPS) is 17.2.